The summed E-state index contributed by atoms with van der Waals surface area (Å²) in [6, 6.07) is 7.64. The third kappa shape index (κ3) is 1.56. The van der Waals surface area contributed by atoms with Gasteiger partial charge in [-0.2, -0.15) is 0 Å². The molecule has 15 heavy (non-hydrogen) atoms. The fraction of sp³-hybridized carbons (Fsp3) is 0.500. The van der Waals surface area contributed by atoms with Gasteiger partial charge in [0.25, 0.3) is 0 Å². The summed E-state index contributed by atoms with van der Waals surface area (Å²) >= 11 is 0. The molecule has 0 bridgehead atoms. The van der Waals surface area contributed by atoms with Gasteiger partial charge in [-0.25, -0.2) is 4.39 Å². The zero-order valence-electron chi connectivity index (χ0n) is 8.59. The zero-order valence-corrected chi connectivity index (χ0v) is 8.59. The second kappa shape index (κ2) is 3.29. The summed E-state index contributed by atoms with van der Waals surface area (Å²) in [5, 5.41) is 6.78. The summed E-state index contributed by atoms with van der Waals surface area (Å²) in [6.45, 7) is 2.02. The van der Waals surface area contributed by atoms with E-state index in [2.05, 4.69) is 10.6 Å². The Balaban J connectivity index is 1.83. The van der Waals surface area contributed by atoms with Crippen molar-refractivity contribution in [2.45, 2.75) is 24.4 Å². The Hall–Kier alpha value is -0.930. The van der Waals surface area contributed by atoms with E-state index in [-0.39, 0.29) is 11.4 Å². The monoisotopic (exact) mass is 206 g/mol. The van der Waals surface area contributed by atoms with Gasteiger partial charge in [0.05, 0.1) is 0 Å². The Morgan fingerprint density at radius 1 is 1.27 bits per heavy atom. The predicted molar refractivity (Wildman–Crippen MR) is 57.1 cm³/mol. The van der Waals surface area contributed by atoms with Gasteiger partial charge in [0.2, 0.25) is 0 Å². The first-order valence-corrected chi connectivity index (χ1v) is 5.54. The quantitative estimate of drug-likeness (QED) is 0.780. The summed E-state index contributed by atoms with van der Waals surface area (Å²) < 4.78 is 13.6. The van der Waals surface area contributed by atoms with Crippen molar-refractivity contribution in [3.05, 3.63) is 35.6 Å². The Bertz CT molecular complexity index is 370. The highest BCUT2D eigenvalue weighted by atomic mass is 19.1. The lowest BCUT2D eigenvalue weighted by atomic mass is 10.0. The molecule has 3 heteroatoms. The van der Waals surface area contributed by atoms with E-state index in [1.807, 2.05) is 12.1 Å². The van der Waals surface area contributed by atoms with Crippen molar-refractivity contribution in [3.8, 4) is 0 Å². The zero-order chi connectivity index (χ0) is 10.3. The van der Waals surface area contributed by atoms with Crippen molar-refractivity contribution in [3.63, 3.8) is 0 Å². The van der Waals surface area contributed by atoms with Crippen molar-refractivity contribution < 1.29 is 4.39 Å². The fourth-order valence-corrected chi connectivity index (χ4v) is 2.25. The molecule has 0 aromatic heterocycles. The smallest absolute Gasteiger partial charge is 0.128 e. The molecular formula is C12H15FN2. The molecule has 2 fully saturated rings. The molecule has 0 unspecified atom stereocenters. The van der Waals surface area contributed by atoms with Gasteiger partial charge in [0, 0.05) is 30.2 Å². The second-order valence-corrected chi connectivity index (χ2v) is 4.56. The molecule has 2 N–H and O–H groups in total. The van der Waals surface area contributed by atoms with Crippen LogP contribution in [0.2, 0.25) is 0 Å². The summed E-state index contributed by atoms with van der Waals surface area (Å²) in [5.74, 6) is -0.0743. The molecule has 0 atom stereocenters. The molecule has 3 rings (SSSR count). The molecule has 1 saturated heterocycles. The number of rotatable bonds is 3. The molecule has 1 aliphatic carbocycles. The molecule has 0 spiro atoms. The van der Waals surface area contributed by atoms with E-state index >= 15 is 0 Å². The van der Waals surface area contributed by atoms with Gasteiger partial charge < -0.3 is 10.6 Å². The lowest BCUT2D eigenvalue weighted by Gasteiger charge is -2.33. The Morgan fingerprint density at radius 2 is 2.00 bits per heavy atom. The van der Waals surface area contributed by atoms with Crippen molar-refractivity contribution in [2.24, 2.45) is 0 Å². The van der Waals surface area contributed by atoms with Crippen molar-refractivity contribution in [1.29, 1.82) is 0 Å². The van der Waals surface area contributed by atoms with E-state index < -0.39 is 0 Å². The second-order valence-electron chi connectivity index (χ2n) is 4.56. The van der Waals surface area contributed by atoms with Crippen LogP contribution < -0.4 is 10.6 Å². The van der Waals surface area contributed by atoms with Crippen LogP contribution in [-0.2, 0) is 5.54 Å². The molecule has 1 heterocycles. The maximum atomic E-state index is 13.6. The van der Waals surface area contributed by atoms with Gasteiger partial charge in [-0.05, 0) is 18.9 Å². The van der Waals surface area contributed by atoms with Crippen LogP contribution in [0.15, 0.2) is 24.3 Å². The van der Waals surface area contributed by atoms with Crippen LogP contribution in [0.25, 0.3) is 0 Å². The van der Waals surface area contributed by atoms with Crippen LogP contribution in [0.5, 0.6) is 0 Å². The van der Waals surface area contributed by atoms with E-state index in [9.17, 15) is 4.39 Å². The number of benzene rings is 1. The number of halogens is 1. The number of hydrogen-bond acceptors (Lipinski definition) is 2. The van der Waals surface area contributed by atoms with Crippen LogP contribution in [0.3, 0.4) is 0 Å². The molecule has 1 aromatic carbocycles. The van der Waals surface area contributed by atoms with Crippen LogP contribution in [-0.4, -0.2) is 19.1 Å². The molecule has 2 aliphatic rings. The number of hydrogen-bond donors (Lipinski definition) is 2. The van der Waals surface area contributed by atoms with E-state index in [0.717, 1.165) is 31.5 Å². The first-order valence-electron chi connectivity index (χ1n) is 5.54. The molecule has 1 aliphatic heterocycles. The first kappa shape index (κ1) is 9.31. The minimum atomic E-state index is -0.0743. The molecule has 0 amide bonds. The molecule has 80 valence electrons. The lowest BCUT2D eigenvalue weighted by molar-refractivity contribution is 0.314. The predicted octanol–water partition coefficient (Wildman–Crippen LogP) is 1.38. The summed E-state index contributed by atoms with van der Waals surface area (Å²) in [6.07, 6.45) is 2.12. The van der Waals surface area contributed by atoms with Gasteiger partial charge >= 0.3 is 0 Å². The summed E-state index contributed by atoms with van der Waals surface area (Å²) in [4.78, 5) is 0. The third-order valence-corrected chi connectivity index (χ3v) is 3.40. The SMILES string of the molecule is Fc1ccccc1C1(NC2CNC2)CC1. The Labute approximate surface area is 88.9 Å². The minimum absolute atomic E-state index is 0.0574. The average molecular weight is 206 g/mol. The van der Waals surface area contributed by atoms with Crippen LogP contribution in [0.4, 0.5) is 4.39 Å². The topological polar surface area (TPSA) is 24.1 Å². The standard InChI is InChI=1S/C12H15FN2/c13-11-4-2-1-3-10(11)12(5-6-12)15-9-7-14-8-9/h1-4,9,14-15H,5-8H2. The van der Waals surface area contributed by atoms with Crippen molar-refractivity contribution in [2.75, 3.05) is 13.1 Å². The molecule has 0 radical (unpaired) electrons. The van der Waals surface area contributed by atoms with Gasteiger partial charge in [-0.15, -0.1) is 0 Å². The maximum absolute atomic E-state index is 13.6. The third-order valence-electron chi connectivity index (χ3n) is 3.40. The van der Waals surface area contributed by atoms with Gasteiger partial charge in [0.1, 0.15) is 5.82 Å². The van der Waals surface area contributed by atoms with E-state index in [0.29, 0.717) is 6.04 Å². The summed E-state index contributed by atoms with van der Waals surface area (Å²) in [5.41, 5.74) is 0.787. The van der Waals surface area contributed by atoms with Crippen LogP contribution in [0.1, 0.15) is 18.4 Å². The number of nitrogens with one attached hydrogen (secondary N) is 2. The highest BCUT2D eigenvalue weighted by Crippen LogP contribution is 2.46. The Kier molecular flexibility index (Phi) is 2.04. The minimum Gasteiger partial charge on any atom is -0.314 e. The van der Waals surface area contributed by atoms with E-state index in [1.54, 1.807) is 12.1 Å². The van der Waals surface area contributed by atoms with E-state index in [1.165, 1.54) is 0 Å². The van der Waals surface area contributed by atoms with Crippen LogP contribution >= 0.6 is 0 Å². The first-order chi connectivity index (χ1) is 7.30. The van der Waals surface area contributed by atoms with Gasteiger partial charge in [0.15, 0.2) is 0 Å². The molecule has 1 saturated carbocycles. The average Bonchev–Trinajstić information content (AvgIpc) is 2.94. The highest BCUT2D eigenvalue weighted by Gasteiger charge is 2.47. The van der Waals surface area contributed by atoms with Gasteiger partial charge in [-0.1, -0.05) is 18.2 Å². The van der Waals surface area contributed by atoms with Gasteiger partial charge in [-0.3, -0.25) is 0 Å². The molecule has 1 aromatic rings. The Morgan fingerprint density at radius 3 is 2.53 bits per heavy atom. The lowest BCUT2D eigenvalue weighted by Crippen LogP contribution is -2.58. The van der Waals surface area contributed by atoms with Crippen molar-refractivity contribution >= 4 is 0 Å². The molecule has 2 nitrogen and oxygen atoms in total. The maximum Gasteiger partial charge on any atom is 0.128 e. The summed E-state index contributed by atoms with van der Waals surface area (Å²) in [7, 11) is 0. The van der Waals surface area contributed by atoms with E-state index in [4.69, 9.17) is 0 Å². The normalized spacial score (nSPS) is 23.5. The largest absolute Gasteiger partial charge is 0.314 e. The fourth-order valence-electron chi connectivity index (χ4n) is 2.25. The van der Waals surface area contributed by atoms with Crippen molar-refractivity contribution in [1.82, 2.24) is 10.6 Å². The molecular weight excluding hydrogens is 191 g/mol. The van der Waals surface area contributed by atoms with Crippen LogP contribution in [0, 0.1) is 5.82 Å². The highest BCUT2D eigenvalue weighted by molar-refractivity contribution is 5.32.